The molecule has 2 rings (SSSR count). The summed E-state index contributed by atoms with van der Waals surface area (Å²) >= 11 is 0. The standard InChI is InChI=1S/C16H15F3N2O2/c1-9-4-5-11(8-10(9)2)14(22)20-12-6-7-13(16(17,18)19)21(3)15(12)23/h4-8H,1-3H3,(H,20,22). The van der Waals surface area contributed by atoms with Crippen LogP contribution in [0.5, 0.6) is 0 Å². The number of carbonyl (C=O) groups excluding carboxylic acids is 1. The maximum Gasteiger partial charge on any atom is 0.431 e. The number of hydrogen-bond donors (Lipinski definition) is 1. The molecule has 0 spiro atoms. The number of hydrogen-bond acceptors (Lipinski definition) is 2. The number of rotatable bonds is 2. The Morgan fingerprint density at radius 1 is 1.09 bits per heavy atom. The van der Waals surface area contributed by atoms with Crippen molar-refractivity contribution in [3.05, 3.63) is 63.1 Å². The van der Waals surface area contributed by atoms with Crippen molar-refractivity contribution >= 4 is 11.6 Å². The van der Waals surface area contributed by atoms with Gasteiger partial charge in [0.05, 0.1) is 0 Å². The fourth-order valence-electron chi connectivity index (χ4n) is 2.09. The zero-order chi connectivity index (χ0) is 17.4. The molecule has 0 aliphatic carbocycles. The molecule has 0 unspecified atom stereocenters. The van der Waals surface area contributed by atoms with Crippen LogP contribution in [0.4, 0.5) is 18.9 Å². The predicted octanol–water partition coefficient (Wildman–Crippen LogP) is 3.27. The Morgan fingerprint density at radius 3 is 2.30 bits per heavy atom. The first-order valence-corrected chi connectivity index (χ1v) is 6.77. The number of aryl methyl sites for hydroxylation is 2. The van der Waals surface area contributed by atoms with Crippen molar-refractivity contribution in [1.29, 1.82) is 0 Å². The Hall–Kier alpha value is -2.57. The summed E-state index contributed by atoms with van der Waals surface area (Å²) in [7, 11) is 1.01. The van der Waals surface area contributed by atoms with Crippen LogP contribution < -0.4 is 10.9 Å². The van der Waals surface area contributed by atoms with E-state index in [0.29, 0.717) is 10.1 Å². The largest absolute Gasteiger partial charge is 0.431 e. The van der Waals surface area contributed by atoms with Crippen molar-refractivity contribution in [2.24, 2.45) is 7.05 Å². The van der Waals surface area contributed by atoms with Crippen LogP contribution in [0.15, 0.2) is 35.1 Å². The van der Waals surface area contributed by atoms with E-state index in [2.05, 4.69) is 5.32 Å². The second-order valence-corrected chi connectivity index (χ2v) is 5.25. The molecular weight excluding hydrogens is 309 g/mol. The van der Waals surface area contributed by atoms with Crippen LogP contribution in [0, 0.1) is 13.8 Å². The Kier molecular flexibility index (Phi) is 4.31. The lowest BCUT2D eigenvalue weighted by Crippen LogP contribution is -2.29. The van der Waals surface area contributed by atoms with Gasteiger partial charge in [0.15, 0.2) is 0 Å². The molecule has 0 saturated carbocycles. The van der Waals surface area contributed by atoms with Crippen LogP contribution in [0.2, 0.25) is 0 Å². The summed E-state index contributed by atoms with van der Waals surface area (Å²) in [6.07, 6.45) is -4.63. The van der Waals surface area contributed by atoms with Crippen LogP contribution in [-0.2, 0) is 13.2 Å². The number of aromatic nitrogens is 1. The lowest BCUT2D eigenvalue weighted by atomic mass is 10.1. The molecule has 0 aliphatic rings. The lowest BCUT2D eigenvalue weighted by Gasteiger charge is -2.13. The minimum absolute atomic E-state index is 0.205. The smallest absolute Gasteiger partial charge is 0.317 e. The zero-order valence-electron chi connectivity index (χ0n) is 12.8. The first kappa shape index (κ1) is 16.8. The van der Waals surface area contributed by atoms with Gasteiger partial charge in [-0.05, 0) is 49.2 Å². The third kappa shape index (κ3) is 3.44. The normalized spacial score (nSPS) is 11.4. The van der Waals surface area contributed by atoms with Crippen molar-refractivity contribution in [3.8, 4) is 0 Å². The van der Waals surface area contributed by atoms with E-state index >= 15 is 0 Å². The number of amides is 1. The Balaban J connectivity index is 2.34. The summed E-state index contributed by atoms with van der Waals surface area (Å²) in [5.74, 6) is -0.551. The van der Waals surface area contributed by atoms with Crippen LogP contribution in [0.1, 0.15) is 27.2 Å². The fourth-order valence-corrected chi connectivity index (χ4v) is 2.09. The summed E-state index contributed by atoms with van der Waals surface area (Å²) in [4.78, 5) is 24.1. The third-order valence-corrected chi connectivity index (χ3v) is 3.61. The maximum atomic E-state index is 12.7. The molecule has 0 radical (unpaired) electrons. The zero-order valence-corrected chi connectivity index (χ0v) is 12.8. The van der Waals surface area contributed by atoms with Crippen molar-refractivity contribution < 1.29 is 18.0 Å². The van der Waals surface area contributed by atoms with E-state index in [1.54, 1.807) is 18.2 Å². The van der Waals surface area contributed by atoms with E-state index in [4.69, 9.17) is 0 Å². The summed E-state index contributed by atoms with van der Waals surface area (Å²) in [6.45, 7) is 3.73. The van der Waals surface area contributed by atoms with Gasteiger partial charge < -0.3 is 9.88 Å². The number of pyridine rings is 1. The van der Waals surface area contributed by atoms with Gasteiger partial charge in [0.1, 0.15) is 11.4 Å². The second-order valence-electron chi connectivity index (χ2n) is 5.25. The molecule has 0 fully saturated rings. The molecule has 1 N–H and O–H groups in total. The number of nitrogens with one attached hydrogen (secondary N) is 1. The Bertz CT molecular complexity index is 823. The molecule has 23 heavy (non-hydrogen) atoms. The van der Waals surface area contributed by atoms with E-state index in [1.165, 1.54) is 0 Å². The van der Waals surface area contributed by atoms with Gasteiger partial charge in [-0.15, -0.1) is 0 Å². The quantitative estimate of drug-likeness (QED) is 0.922. The highest BCUT2D eigenvalue weighted by Gasteiger charge is 2.33. The molecule has 0 saturated heterocycles. The SMILES string of the molecule is Cc1ccc(C(=O)Nc2ccc(C(F)(F)F)n(C)c2=O)cc1C. The average molecular weight is 324 g/mol. The highest BCUT2D eigenvalue weighted by atomic mass is 19.4. The summed E-state index contributed by atoms with van der Waals surface area (Å²) in [5, 5.41) is 2.35. The summed E-state index contributed by atoms with van der Waals surface area (Å²) in [6, 6.07) is 6.72. The molecule has 0 aliphatic heterocycles. The lowest BCUT2D eigenvalue weighted by molar-refractivity contribution is -0.143. The van der Waals surface area contributed by atoms with Gasteiger partial charge in [0.2, 0.25) is 0 Å². The highest BCUT2D eigenvalue weighted by Crippen LogP contribution is 2.28. The average Bonchev–Trinajstić information content (AvgIpc) is 2.45. The van der Waals surface area contributed by atoms with Gasteiger partial charge in [-0.1, -0.05) is 6.07 Å². The number of nitrogens with zero attached hydrogens (tertiary/aromatic N) is 1. The fraction of sp³-hybridized carbons (Fsp3) is 0.250. The van der Waals surface area contributed by atoms with Gasteiger partial charge in [-0.25, -0.2) is 0 Å². The third-order valence-electron chi connectivity index (χ3n) is 3.61. The van der Waals surface area contributed by atoms with Gasteiger partial charge in [0.25, 0.3) is 11.5 Å². The van der Waals surface area contributed by atoms with E-state index < -0.39 is 23.3 Å². The molecule has 1 heterocycles. The molecule has 1 aromatic carbocycles. The van der Waals surface area contributed by atoms with Gasteiger partial charge >= 0.3 is 6.18 Å². The maximum absolute atomic E-state index is 12.7. The van der Waals surface area contributed by atoms with E-state index in [1.807, 2.05) is 13.8 Å². The molecule has 4 nitrogen and oxygen atoms in total. The molecule has 122 valence electrons. The number of halogens is 3. The molecule has 7 heteroatoms. The van der Waals surface area contributed by atoms with Crippen LogP contribution in [0.3, 0.4) is 0 Å². The molecule has 0 atom stereocenters. The minimum atomic E-state index is -4.63. The molecule has 0 bridgehead atoms. The first-order chi connectivity index (χ1) is 10.6. The number of anilines is 1. The van der Waals surface area contributed by atoms with Crippen LogP contribution in [-0.4, -0.2) is 10.5 Å². The first-order valence-electron chi connectivity index (χ1n) is 6.77. The number of alkyl halides is 3. The molecule has 1 aromatic heterocycles. The van der Waals surface area contributed by atoms with Gasteiger partial charge in [-0.2, -0.15) is 13.2 Å². The number of benzene rings is 1. The van der Waals surface area contributed by atoms with Crippen molar-refractivity contribution in [3.63, 3.8) is 0 Å². The molecule has 1 amide bonds. The molecular formula is C16H15F3N2O2. The Labute approximate surface area is 130 Å². The Morgan fingerprint density at radius 2 is 1.74 bits per heavy atom. The van der Waals surface area contributed by atoms with E-state index in [-0.39, 0.29) is 5.69 Å². The predicted molar refractivity (Wildman–Crippen MR) is 80.6 cm³/mol. The highest BCUT2D eigenvalue weighted by molar-refractivity contribution is 6.04. The van der Waals surface area contributed by atoms with Crippen molar-refractivity contribution in [1.82, 2.24) is 4.57 Å². The summed E-state index contributed by atoms with van der Waals surface area (Å²) in [5.41, 5.74) is 0.0347. The monoisotopic (exact) mass is 324 g/mol. The van der Waals surface area contributed by atoms with E-state index in [9.17, 15) is 22.8 Å². The minimum Gasteiger partial charge on any atom is -0.317 e. The topological polar surface area (TPSA) is 51.1 Å². The van der Waals surface area contributed by atoms with Crippen molar-refractivity contribution in [2.75, 3.05) is 5.32 Å². The van der Waals surface area contributed by atoms with Gasteiger partial charge in [0, 0.05) is 12.6 Å². The summed E-state index contributed by atoms with van der Waals surface area (Å²) < 4.78 is 38.6. The van der Waals surface area contributed by atoms with Crippen molar-refractivity contribution in [2.45, 2.75) is 20.0 Å². The van der Waals surface area contributed by atoms with Crippen LogP contribution in [0.25, 0.3) is 0 Å². The van der Waals surface area contributed by atoms with Gasteiger partial charge in [-0.3, -0.25) is 9.59 Å². The number of carbonyl (C=O) groups is 1. The van der Waals surface area contributed by atoms with Crippen LogP contribution >= 0.6 is 0 Å². The molecule has 2 aromatic rings. The second kappa shape index (κ2) is 5.91. The van der Waals surface area contributed by atoms with E-state index in [0.717, 1.165) is 30.3 Å².